The van der Waals surface area contributed by atoms with Gasteiger partial charge in [-0.2, -0.15) is 0 Å². The maximum absolute atomic E-state index is 4.92. The lowest BCUT2D eigenvalue weighted by atomic mass is 10.5. The van der Waals surface area contributed by atoms with Gasteiger partial charge in [0.25, 0.3) is 0 Å². The maximum Gasteiger partial charge on any atom is 0.177 e. The van der Waals surface area contributed by atoms with Crippen molar-refractivity contribution in [2.45, 2.75) is 6.61 Å². The third-order valence-electron chi connectivity index (χ3n) is 1.56. The molecule has 0 unspecified atom stereocenters. The van der Waals surface area contributed by atoms with Crippen molar-refractivity contribution >= 4 is 5.65 Å². The van der Waals surface area contributed by atoms with Crippen molar-refractivity contribution < 1.29 is 4.74 Å². The zero-order valence-corrected chi connectivity index (χ0v) is 6.77. The molecule has 2 heterocycles. The van der Waals surface area contributed by atoms with E-state index in [0.717, 1.165) is 5.65 Å². The van der Waals surface area contributed by atoms with Crippen LogP contribution in [0.4, 0.5) is 0 Å². The highest BCUT2D eigenvalue weighted by Gasteiger charge is 2.00. The van der Waals surface area contributed by atoms with Crippen molar-refractivity contribution in [3.8, 4) is 0 Å². The first-order valence-electron chi connectivity index (χ1n) is 3.69. The Morgan fingerprint density at radius 2 is 2.42 bits per heavy atom. The van der Waals surface area contributed by atoms with Crippen LogP contribution in [-0.4, -0.2) is 21.7 Å². The van der Waals surface area contributed by atoms with Gasteiger partial charge in [-0.15, -0.1) is 5.10 Å². The van der Waals surface area contributed by atoms with E-state index in [9.17, 15) is 0 Å². The lowest BCUT2D eigenvalue weighted by molar-refractivity contribution is 0.178. The molecule has 0 saturated carbocycles. The Kier molecular flexibility index (Phi) is 1.75. The largest absolute Gasteiger partial charge is 0.377 e. The molecule has 0 amide bonds. The minimum atomic E-state index is 0.460. The number of rotatable bonds is 2. The van der Waals surface area contributed by atoms with Gasteiger partial charge in [0.2, 0.25) is 0 Å². The van der Waals surface area contributed by atoms with Gasteiger partial charge in [-0.25, -0.2) is 9.50 Å². The van der Waals surface area contributed by atoms with Gasteiger partial charge in [-0.1, -0.05) is 6.07 Å². The molecule has 0 aromatic carbocycles. The number of aromatic nitrogens is 3. The van der Waals surface area contributed by atoms with Crippen LogP contribution in [0.25, 0.3) is 5.65 Å². The van der Waals surface area contributed by atoms with E-state index in [0.29, 0.717) is 12.4 Å². The Bertz CT molecular complexity index is 349. The lowest BCUT2D eigenvalue weighted by Crippen LogP contribution is -1.90. The van der Waals surface area contributed by atoms with E-state index >= 15 is 0 Å². The SMILES string of the molecule is COCc1nc2ccccn2n1. The molecular formula is C8H9N3O. The zero-order chi connectivity index (χ0) is 8.39. The van der Waals surface area contributed by atoms with Crippen LogP contribution in [-0.2, 0) is 11.3 Å². The topological polar surface area (TPSA) is 39.4 Å². The van der Waals surface area contributed by atoms with E-state index in [1.165, 1.54) is 0 Å². The smallest absolute Gasteiger partial charge is 0.177 e. The predicted octanol–water partition coefficient (Wildman–Crippen LogP) is 0.876. The predicted molar refractivity (Wildman–Crippen MR) is 43.7 cm³/mol. The molecule has 0 aliphatic carbocycles. The maximum atomic E-state index is 4.92. The summed E-state index contributed by atoms with van der Waals surface area (Å²) in [7, 11) is 1.63. The van der Waals surface area contributed by atoms with Crippen molar-refractivity contribution in [1.82, 2.24) is 14.6 Å². The fraction of sp³-hybridized carbons (Fsp3) is 0.250. The molecule has 4 heteroatoms. The van der Waals surface area contributed by atoms with E-state index in [2.05, 4.69) is 10.1 Å². The van der Waals surface area contributed by atoms with Gasteiger partial charge in [0.1, 0.15) is 6.61 Å². The molecule has 0 saturated heterocycles. The fourth-order valence-electron chi connectivity index (χ4n) is 1.07. The zero-order valence-electron chi connectivity index (χ0n) is 6.77. The molecule has 2 rings (SSSR count). The summed E-state index contributed by atoms with van der Waals surface area (Å²) >= 11 is 0. The number of ether oxygens (including phenoxy) is 1. The van der Waals surface area contributed by atoms with E-state index in [1.54, 1.807) is 11.6 Å². The second kappa shape index (κ2) is 2.91. The van der Waals surface area contributed by atoms with Gasteiger partial charge in [-0.3, -0.25) is 0 Å². The first-order chi connectivity index (χ1) is 5.90. The van der Waals surface area contributed by atoms with Gasteiger partial charge in [-0.05, 0) is 12.1 Å². The minimum Gasteiger partial charge on any atom is -0.377 e. The highest BCUT2D eigenvalue weighted by molar-refractivity contribution is 5.36. The molecule has 0 spiro atoms. The van der Waals surface area contributed by atoms with Crippen molar-refractivity contribution in [1.29, 1.82) is 0 Å². The number of hydrogen-bond donors (Lipinski definition) is 0. The highest BCUT2D eigenvalue weighted by Crippen LogP contribution is 2.00. The van der Waals surface area contributed by atoms with Crippen LogP contribution in [0, 0.1) is 0 Å². The summed E-state index contributed by atoms with van der Waals surface area (Å²) in [5.41, 5.74) is 0.851. The molecule has 62 valence electrons. The van der Waals surface area contributed by atoms with Crippen LogP contribution in [0.1, 0.15) is 5.82 Å². The molecule has 0 fully saturated rings. The Labute approximate surface area is 69.8 Å². The summed E-state index contributed by atoms with van der Waals surface area (Å²) in [4.78, 5) is 4.23. The summed E-state index contributed by atoms with van der Waals surface area (Å²) in [6.07, 6.45) is 1.86. The second-order valence-corrected chi connectivity index (χ2v) is 2.46. The summed E-state index contributed by atoms with van der Waals surface area (Å²) < 4.78 is 6.65. The summed E-state index contributed by atoms with van der Waals surface area (Å²) in [5, 5.41) is 4.18. The average Bonchev–Trinajstić information content (AvgIpc) is 2.47. The molecule has 0 bridgehead atoms. The third-order valence-corrected chi connectivity index (χ3v) is 1.56. The second-order valence-electron chi connectivity index (χ2n) is 2.46. The van der Waals surface area contributed by atoms with Crippen LogP contribution in [0.2, 0.25) is 0 Å². The van der Waals surface area contributed by atoms with Crippen LogP contribution < -0.4 is 0 Å². The van der Waals surface area contributed by atoms with E-state index in [1.807, 2.05) is 24.4 Å². The fourth-order valence-corrected chi connectivity index (χ4v) is 1.07. The molecule has 0 aliphatic rings. The van der Waals surface area contributed by atoms with Gasteiger partial charge < -0.3 is 4.74 Å². The van der Waals surface area contributed by atoms with Crippen molar-refractivity contribution in [3.63, 3.8) is 0 Å². The standard InChI is InChI=1S/C8H9N3O/c1-12-6-7-9-8-4-2-3-5-11(8)10-7/h2-5H,6H2,1H3. The highest BCUT2D eigenvalue weighted by atomic mass is 16.5. The number of pyridine rings is 1. The molecule has 2 aromatic rings. The Balaban J connectivity index is 2.47. The first-order valence-corrected chi connectivity index (χ1v) is 3.69. The molecular weight excluding hydrogens is 154 g/mol. The van der Waals surface area contributed by atoms with Crippen LogP contribution in [0.15, 0.2) is 24.4 Å². The van der Waals surface area contributed by atoms with Crippen molar-refractivity contribution in [2.75, 3.05) is 7.11 Å². The molecule has 2 aromatic heterocycles. The van der Waals surface area contributed by atoms with Gasteiger partial charge >= 0.3 is 0 Å². The number of fused-ring (bicyclic) bond motifs is 1. The van der Waals surface area contributed by atoms with Crippen LogP contribution in [0.3, 0.4) is 0 Å². The van der Waals surface area contributed by atoms with E-state index in [-0.39, 0.29) is 0 Å². The number of nitrogens with zero attached hydrogens (tertiary/aromatic N) is 3. The van der Waals surface area contributed by atoms with Gasteiger partial charge in [0.15, 0.2) is 11.5 Å². The van der Waals surface area contributed by atoms with Crippen molar-refractivity contribution in [2.24, 2.45) is 0 Å². The lowest BCUT2D eigenvalue weighted by Gasteiger charge is -1.87. The van der Waals surface area contributed by atoms with Crippen molar-refractivity contribution in [3.05, 3.63) is 30.2 Å². The first kappa shape index (κ1) is 7.24. The average molecular weight is 163 g/mol. The van der Waals surface area contributed by atoms with E-state index in [4.69, 9.17) is 4.74 Å². The molecule has 0 aliphatic heterocycles. The van der Waals surface area contributed by atoms with Crippen LogP contribution in [0.5, 0.6) is 0 Å². The van der Waals surface area contributed by atoms with Crippen LogP contribution >= 0.6 is 0 Å². The minimum absolute atomic E-state index is 0.460. The molecule has 0 N–H and O–H groups in total. The summed E-state index contributed by atoms with van der Waals surface area (Å²) in [6, 6.07) is 5.75. The Hall–Kier alpha value is -1.42. The monoisotopic (exact) mass is 163 g/mol. The number of methoxy groups -OCH3 is 1. The van der Waals surface area contributed by atoms with Gasteiger partial charge in [0, 0.05) is 13.3 Å². The molecule has 0 atom stereocenters. The molecule has 4 nitrogen and oxygen atoms in total. The normalized spacial score (nSPS) is 10.8. The Morgan fingerprint density at radius 3 is 3.17 bits per heavy atom. The Morgan fingerprint density at radius 1 is 1.50 bits per heavy atom. The molecule has 12 heavy (non-hydrogen) atoms. The quantitative estimate of drug-likeness (QED) is 0.659. The van der Waals surface area contributed by atoms with Gasteiger partial charge in [0.05, 0.1) is 0 Å². The third kappa shape index (κ3) is 1.16. The van der Waals surface area contributed by atoms with E-state index < -0.39 is 0 Å². The number of hydrogen-bond acceptors (Lipinski definition) is 3. The summed E-state index contributed by atoms with van der Waals surface area (Å²) in [5.74, 6) is 0.712. The summed E-state index contributed by atoms with van der Waals surface area (Å²) in [6.45, 7) is 0.460. The molecule has 0 radical (unpaired) electrons.